The highest BCUT2D eigenvalue weighted by molar-refractivity contribution is 5.95. The van der Waals surface area contributed by atoms with Gasteiger partial charge >= 0.3 is 0 Å². The second-order valence-corrected chi connectivity index (χ2v) is 5.91. The van der Waals surface area contributed by atoms with Crippen LogP contribution in [0, 0.1) is 0 Å². The molecule has 0 radical (unpaired) electrons. The largest absolute Gasteiger partial charge is 0.374 e. The Labute approximate surface area is 125 Å². The van der Waals surface area contributed by atoms with Crippen LogP contribution in [0.2, 0.25) is 0 Å². The third-order valence-corrected chi connectivity index (χ3v) is 4.56. The molecule has 1 aromatic heterocycles. The Bertz CT molecular complexity index is 520. The molecule has 3 heterocycles. The molecule has 0 aliphatic carbocycles. The summed E-state index contributed by atoms with van der Waals surface area (Å²) in [5.74, 6) is 0.128. The molecular weight excluding hydrogens is 266 g/mol. The van der Waals surface area contributed by atoms with E-state index in [9.17, 15) is 4.79 Å². The number of carbonyl (C=O) groups excluding carboxylic acids is 1. The van der Waals surface area contributed by atoms with Gasteiger partial charge in [0.1, 0.15) is 0 Å². The van der Waals surface area contributed by atoms with Crippen LogP contribution in [-0.4, -0.2) is 66.1 Å². The van der Waals surface area contributed by atoms with Gasteiger partial charge in [-0.25, -0.2) is 0 Å². The third kappa shape index (κ3) is 2.80. The molecule has 3 rings (SSSR count). The molecule has 0 aromatic carbocycles. The zero-order valence-corrected chi connectivity index (χ0v) is 12.8. The van der Waals surface area contributed by atoms with Gasteiger partial charge in [-0.15, -0.1) is 0 Å². The zero-order chi connectivity index (χ0) is 14.8. The van der Waals surface area contributed by atoms with Crippen molar-refractivity contribution in [1.29, 1.82) is 0 Å². The van der Waals surface area contributed by atoms with Crippen molar-refractivity contribution in [3.63, 3.8) is 0 Å². The van der Waals surface area contributed by atoms with Gasteiger partial charge in [0.25, 0.3) is 5.91 Å². The second-order valence-electron chi connectivity index (χ2n) is 5.91. The van der Waals surface area contributed by atoms with Gasteiger partial charge < -0.3 is 14.5 Å². The van der Waals surface area contributed by atoms with E-state index in [1.54, 1.807) is 12.4 Å². The molecule has 1 amide bonds. The average Bonchev–Trinajstić information content (AvgIpc) is 2.53. The van der Waals surface area contributed by atoms with Crippen molar-refractivity contribution in [2.75, 3.05) is 33.3 Å². The van der Waals surface area contributed by atoms with Crippen LogP contribution >= 0.6 is 0 Å². The summed E-state index contributed by atoms with van der Waals surface area (Å²) < 4.78 is 5.87. The molecule has 0 saturated carbocycles. The van der Waals surface area contributed by atoms with E-state index in [2.05, 4.69) is 23.9 Å². The Hall–Kier alpha value is -1.46. The van der Waals surface area contributed by atoms with Crippen molar-refractivity contribution in [2.24, 2.45) is 0 Å². The van der Waals surface area contributed by atoms with Crippen molar-refractivity contribution < 1.29 is 9.53 Å². The Morgan fingerprint density at radius 2 is 2.33 bits per heavy atom. The lowest BCUT2D eigenvalue weighted by molar-refractivity contribution is -0.0870. The monoisotopic (exact) mass is 289 g/mol. The van der Waals surface area contributed by atoms with Gasteiger partial charge in [-0.2, -0.15) is 0 Å². The molecule has 2 fully saturated rings. The first-order valence-corrected chi connectivity index (χ1v) is 7.74. The molecular formula is C16H23N3O2. The number of hydrogen-bond donors (Lipinski definition) is 0. The SMILES string of the molecule is CCc1cnccc1C(=O)N1CCO[C@H]2CCN(C)C[C@@H]21. The van der Waals surface area contributed by atoms with Gasteiger partial charge in [0.2, 0.25) is 0 Å². The number of morpholine rings is 1. The number of aromatic nitrogens is 1. The van der Waals surface area contributed by atoms with Crippen LogP contribution < -0.4 is 0 Å². The highest BCUT2D eigenvalue weighted by Gasteiger charge is 2.38. The molecule has 0 unspecified atom stereocenters. The van der Waals surface area contributed by atoms with Gasteiger partial charge in [-0.05, 0) is 31.5 Å². The minimum atomic E-state index is 0.128. The molecule has 2 aliphatic rings. The van der Waals surface area contributed by atoms with Crippen LogP contribution in [0.1, 0.15) is 29.3 Å². The molecule has 1 aromatic rings. The Kier molecular flexibility index (Phi) is 4.22. The molecule has 5 nitrogen and oxygen atoms in total. The van der Waals surface area contributed by atoms with Crippen molar-refractivity contribution in [3.05, 3.63) is 29.6 Å². The predicted molar refractivity (Wildman–Crippen MR) is 80.3 cm³/mol. The predicted octanol–water partition coefficient (Wildman–Crippen LogP) is 1.19. The second kappa shape index (κ2) is 6.12. The summed E-state index contributed by atoms with van der Waals surface area (Å²) in [5.41, 5.74) is 1.82. The van der Waals surface area contributed by atoms with Crippen molar-refractivity contribution >= 4 is 5.91 Å². The van der Waals surface area contributed by atoms with Gasteiger partial charge in [0.15, 0.2) is 0 Å². The molecule has 5 heteroatoms. The van der Waals surface area contributed by atoms with E-state index in [1.807, 2.05) is 11.0 Å². The number of nitrogens with zero attached hydrogens (tertiary/aromatic N) is 3. The van der Waals surface area contributed by atoms with E-state index in [0.29, 0.717) is 13.2 Å². The summed E-state index contributed by atoms with van der Waals surface area (Å²) in [5, 5.41) is 0. The van der Waals surface area contributed by atoms with E-state index in [0.717, 1.165) is 37.1 Å². The summed E-state index contributed by atoms with van der Waals surface area (Å²) in [6, 6.07) is 2.01. The lowest BCUT2D eigenvalue weighted by Crippen LogP contribution is -2.60. The smallest absolute Gasteiger partial charge is 0.254 e. The summed E-state index contributed by atoms with van der Waals surface area (Å²) in [6.07, 6.45) is 5.52. The van der Waals surface area contributed by atoms with Gasteiger partial charge in [-0.3, -0.25) is 9.78 Å². The Morgan fingerprint density at radius 3 is 3.14 bits per heavy atom. The van der Waals surface area contributed by atoms with Crippen molar-refractivity contribution in [2.45, 2.75) is 31.9 Å². The Balaban J connectivity index is 1.85. The maximum atomic E-state index is 13.0. The fourth-order valence-corrected chi connectivity index (χ4v) is 3.35. The molecule has 2 atom stereocenters. The van der Waals surface area contributed by atoms with E-state index < -0.39 is 0 Å². The van der Waals surface area contributed by atoms with Crippen LogP contribution in [0.4, 0.5) is 0 Å². The molecule has 0 bridgehead atoms. The minimum Gasteiger partial charge on any atom is -0.374 e. The molecule has 0 spiro atoms. The van der Waals surface area contributed by atoms with Crippen LogP contribution in [0.15, 0.2) is 18.5 Å². The minimum absolute atomic E-state index is 0.128. The fourth-order valence-electron chi connectivity index (χ4n) is 3.35. The topological polar surface area (TPSA) is 45.7 Å². The van der Waals surface area contributed by atoms with E-state index in [-0.39, 0.29) is 18.1 Å². The highest BCUT2D eigenvalue weighted by Crippen LogP contribution is 2.24. The quantitative estimate of drug-likeness (QED) is 0.820. The molecule has 21 heavy (non-hydrogen) atoms. The number of ether oxygens (including phenoxy) is 1. The van der Waals surface area contributed by atoms with Gasteiger partial charge in [0, 0.05) is 37.6 Å². The number of aryl methyl sites for hydroxylation is 1. The Morgan fingerprint density at radius 1 is 1.48 bits per heavy atom. The van der Waals surface area contributed by atoms with E-state index >= 15 is 0 Å². The number of pyridine rings is 1. The number of carbonyl (C=O) groups is 1. The number of likely N-dealkylation sites (tertiary alicyclic amines) is 1. The molecule has 0 N–H and O–H groups in total. The number of hydrogen-bond acceptors (Lipinski definition) is 4. The first-order chi connectivity index (χ1) is 10.2. The number of rotatable bonds is 2. The molecule has 2 saturated heterocycles. The summed E-state index contributed by atoms with van der Waals surface area (Å²) in [7, 11) is 2.11. The van der Waals surface area contributed by atoms with E-state index in [4.69, 9.17) is 4.74 Å². The molecule has 114 valence electrons. The maximum Gasteiger partial charge on any atom is 0.254 e. The number of fused-ring (bicyclic) bond motifs is 1. The normalized spacial score (nSPS) is 26.5. The lowest BCUT2D eigenvalue weighted by Gasteiger charge is -2.46. The standard InChI is InChI=1S/C16H23N3O2/c1-3-12-10-17-6-4-13(12)16(20)19-8-9-21-15-5-7-18(2)11-14(15)19/h4,6,10,14-15H,3,5,7-9,11H2,1-2H3/t14-,15-/m0/s1. The van der Waals surface area contributed by atoms with Crippen LogP contribution in [0.3, 0.4) is 0 Å². The first kappa shape index (κ1) is 14.5. The third-order valence-electron chi connectivity index (χ3n) is 4.56. The summed E-state index contributed by atoms with van der Waals surface area (Å²) in [4.78, 5) is 21.4. The first-order valence-electron chi connectivity index (χ1n) is 7.74. The summed E-state index contributed by atoms with van der Waals surface area (Å²) >= 11 is 0. The van der Waals surface area contributed by atoms with Gasteiger partial charge in [-0.1, -0.05) is 6.92 Å². The zero-order valence-electron chi connectivity index (χ0n) is 12.8. The van der Waals surface area contributed by atoms with Crippen LogP contribution in [0.5, 0.6) is 0 Å². The van der Waals surface area contributed by atoms with Crippen molar-refractivity contribution in [3.8, 4) is 0 Å². The molecule has 2 aliphatic heterocycles. The van der Waals surface area contributed by atoms with Crippen LogP contribution in [0.25, 0.3) is 0 Å². The fraction of sp³-hybridized carbons (Fsp3) is 0.625. The van der Waals surface area contributed by atoms with Crippen molar-refractivity contribution in [1.82, 2.24) is 14.8 Å². The average molecular weight is 289 g/mol. The lowest BCUT2D eigenvalue weighted by atomic mass is 9.97. The summed E-state index contributed by atoms with van der Waals surface area (Å²) in [6.45, 7) is 5.31. The maximum absolute atomic E-state index is 13.0. The number of amides is 1. The number of likely N-dealkylation sites (N-methyl/N-ethyl adjacent to an activating group) is 1. The van der Waals surface area contributed by atoms with Gasteiger partial charge in [0.05, 0.1) is 18.8 Å². The van der Waals surface area contributed by atoms with Crippen LogP contribution in [-0.2, 0) is 11.2 Å². The number of piperidine rings is 1. The van der Waals surface area contributed by atoms with E-state index in [1.165, 1.54) is 0 Å². The highest BCUT2D eigenvalue weighted by atomic mass is 16.5.